The summed E-state index contributed by atoms with van der Waals surface area (Å²) < 4.78 is 0. The summed E-state index contributed by atoms with van der Waals surface area (Å²) in [4.78, 5) is 9.55. The predicted octanol–water partition coefficient (Wildman–Crippen LogP) is 12.0. The van der Waals surface area contributed by atoms with E-state index < -0.39 is 0 Å². The van der Waals surface area contributed by atoms with Gasteiger partial charge in [-0.1, -0.05) is 69.0 Å². The smallest absolute Gasteiger partial charge is 0.126 e. The van der Waals surface area contributed by atoms with Gasteiger partial charge in [0.25, 0.3) is 0 Å². The van der Waals surface area contributed by atoms with Crippen molar-refractivity contribution in [2.24, 2.45) is 0 Å². The molecule has 3 heterocycles. The van der Waals surface area contributed by atoms with Crippen LogP contribution in [0.4, 0.5) is 17.1 Å². The molecule has 3 aromatic heterocycles. The van der Waals surface area contributed by atoms with Gasteiger partial charge >= 0.3 is 0 Å². The van der Waals surface area contributed by atoms with E-state index in [1.54, 1.807) is 17.4 Å². The molecule has 6 aromatic rings. The highest BCUT2D eigenvalue weighted by Crippen LogP contribution is 2.57. The fourth-order valence-corrected chi connectivity index (χ4v) is 9.56. The molecule has 44 heavy (non-hydrogen) atoms. The second-order valence-corrected chi connectivity index (χ2v) is 14.4. The highest BCUT2D eigenvalue weighted by Gasteiger charge is 2.39. The van der Waals surface area contributed by atoms with E-state index in [1.165, 1.54) is 41.1 Å². The van der Waals surface area contributed by atoms with Crippen LogP contribution < -0.4 is 4.90 Å². The van der Waals surface area contributed by atoms with Crippen molar-refractivity contribution in [2.45, 2.75) is 19.3 Å². The van der Waals surface area contributed by atoms with Gasteiger partial charge in [-0.15, -0.1) is 34.0 Å². The number of aliphatic hydroxyl groups excluding tert-OH is 1. The van der Waals surface area contributed by atoms with Crippen molar-refractivity contribution in [3.8, 4) is 36.0 Å². The van der Waals surface area contributed by atoms with E-state index >= 15 is 0 Å². The number of allylic oxidation sites excluding steroid dienone is 1. The Morgan fingerprint density at radius 2 is 1.30 bits per heavy atom. The number of nitrogens with zero attached hydrogens (tertiary/aromatic N) is 2. The summed E-state index contributed by atoms with van der Waals surface area (Å²) >= 11 is 5.33. The van der Waals surface area contributed by atoms with Gasteiger partial charge in [0.15, 0.2) is 0 Å². The highest BCUT2D eigenvalue weighted by atomic mass is 32.1. The molecule has 0 aliphatic heterocycles. The van der Waals surface area contributed by atoms with E-state index in [9.17, 15) is 10.4 Å². The van der Waals surface area contributed by atoms with Gasteiger partial charge in [-0.25, -0.2) is 0 Å². The van der Waals surface area contributed by atoms with Gasteiger partial charge < -0.3 is 10.0 Å². The number of rotatable bonds is 7. The molecule has 0 radical (unpaired) electrons. The largest absolute Gasteiger partial charge is 0.507 e. The van der Waals surface area contributed by atoms with Crippen molar-refractivity contribution in [3.63, 3.8) is 0 Å². The summed E-state index contributed by atoms with van der Waals surface area (Å²) in [6, 6.07) is 40.8. The quantitative estimate of drug-likeness (QED) is 0.109. The molecule has 0 saturated heterocycles. The van der Waals surface area contributed by atoms with E-state index in [1.807, 2.05) is 40.9 Å². The van der Waals surface area contributed by atoms with Gasteiger partial charge in [0, 0.05) is 51.7 Å². The Labute approximate surface area is 269 Å². The van der Waals surface area contributed by atoms with Crippen LogP contribution in [0.5, 0.6) is 0 Å². The number of anilines is 3. The van der Waals surface area contributed by atoms with Crippen molar-refractivity contribution in [1.29, 1.82) is 5.26 Å². The molecule has 0 fully saturated rings. The zero-order valence-electron chi connectivity index (χ0n) is 24.2. The zero-order chi connectivity index (χ0) is 30.4. The topological polar surface area (TPSA) is 47.3 Å². The van der Waals surface area contributed by atoms with Gasteiger partial charge in [-0.05, 0) is 83.4 Å². The number of thiophene rings is 3. The van der Waals surface area contributed by atoms with Crippen molar-refractivity contribution in [2.75, 3.05) is 4.90 Å². The summed E-state index contributed by atoms with van der Waals surface area (Å²) in [5.74, 6) is -0.202. The van der Waals surface area contributed by atoms with Crippen molar-refractivity contribution in [3.05, 3.63) is 143 Å². The molecule has 3 aromatic carbocycles. The average molecular weight is 625 g/mol. The number of nitriles is 1. The van der Waals surface area contributed by atoms with E-state index in [0.29, 0.717) is 0 Å². The molecule has 1 N–H and O–H groups in total. The summed E-state index contributed by atoms with van der Waals surface area (Å²) in [5.41, 5.74) is 7.25. The molecule has 1 aliphatic rings. The molecular weight excluding hydrogens is 597 g/mol. The van der Waals surface area contributed by atoms with E-state index in [-0.39, 0.29) is 16.7 Å². The molecular formula is C38H28N2OS3. The fourth-order valence-electron chi connectivity index (χ4n) is 5.73. The minimum atomic E-state index is -0.202. The first-order valence-corrected chi connectivity index (χ1v) is 16.7. The number of para-hydroxylation sites is 2. The number of hydrogen-bond donors (Lipinski definition) is 1. The maximum atomic E-state index is 9.75. The lowest BCUT2D eigenvalue weighted by molar-refractivity contribution is 0.430. The highest BCUT2D eigenvalue weighted by molar-refractivity contribution is 7.27. The van der Waals surface area contributed by atoms with Gasteiger partial charge in [0.05, 0.1) is 5.57 Å². The standard InChI is InChI=1S/C38H28N2OS3/c1-24(41)26(23-39)20-30-21-31-36(42-30)37-32(38(31,2)3)22-35(44-37)34-19-18-33(43-34)25-14-16-29(17-15-25)40(27-10-6-4-7-11-27)28-12-8-5-9-13-28/h4-22,41H,1H2,2-3H3/b26-20+. The van der Waals surface area contributed by atoms with Crippen molar-refractivity contribution in [1.82, 2.24) is 0 Å². The molecule has 1 aliphatic carbocycles. The van der Waals surface area contributed by atoms with Crippen LogP contribution in [0.1, 0.15) is 29.9 Å². The molecule has 0 saturated carbocycles. The minimum Gasteiger partial charge on any atom is -0.507 e. The van der Waals surface area contributed by atoms with Gasteiger partial charge in [-0.3, -0.25) is 0 Å². The minimum absolute atomic E-state index is 0.135. The Bertz CT molecular complexity index is 2030. The van der Waals surface area contributed by atoms with Crippen LogP contribution in [0.15, 0.2) is 127 Å². The number of hydrogen-bond acceptors (Lipinski definition) is 6. The van der Waals surface area contributed by atoms with Crippen LogP contribution in [0.25, 0.3) is 36.0 Å². The molecule has 214 valence electrons. The molecule has 0 unspecified atom stereocenters. The second kappa shape index (κ2) is 11.1. The lowest BCUT2D eigenvalue weighted by Gasteiger charge is -2.25. The van der Waals surface area contributed by atoms with E-state index in [2.05, 4.69) is 122 Å². The molecule has 6 heteroatoms. The van der Waals surface area contributed by atoms with Gasteiger partial charge in [0.1, 0.15) is 11.8 Å². The Hall–Kier alpha value is -4.67. The second-order valence-electron chi connectivity index (χ2n) is 11.2. The summed E-state index contributed by atoms with van der Waals surface area (Å²) in [6.45, 7) is 8.05. The SMILES string of the molecule is C=C(O)/C(C#N)=C/c1cc2c(s1)-c1sc(-c3ccc(-c4ccc(N(c5ccccc5)c5ccccc5)cc4)s3)cc1C2(C)C. The molecule has 0 bridgehead atoms. The lowest BCUT2D eigenvalue weighted by atomic mass is 9.84. The monoisotopic (exact) mass is 624 g/mol. The van der Waals surface area contributed by atoms with Crippen LogP contribution >= 0.6 is 34.0 Å². The number of benzene rings is 3. The first-order chi connectivity index (χ1) is 21.3. The van der Waals surface area contributed by atoms with E-state index in [0.717, 1.165) is 21.9 Å². The first kappa shape index (κ1) is 28.1. The summed E-state index contributed by atoms with van der Waals surface area (Å²) in [7, 11) is 0. The average Bonchev–Trinajstić information content (AvgIpc) is 3.82. The van der Waals surface area contributed by atoms with Crippen LogP contribution in [0.3, 0.4) is 0 Å². The Kier molecular flexibility index (Phi) is 7.10. The summed E-state index contributed by atoms with van der Waals surface area (Å²) in [5, 5.41) is 19.1. The Morgan fingerprint density at radius 3 is 1.91 bits per heavy atom. The van der Waals surface area contributed by atoms with Gasteiger partial charge in [-0.2, -0.15) is 5.26 Å². The lowest BCUT2D eigenvalue weighted by Crippen LogP contribution is -2.13. The third-order valence-corrected chi connectivity index (χ3v) is 11.8. The summed E-state index contributed by atoms with van der Waals surface area (Å²) in [6.07, 6.45) is 1.73. The van der Waals surface area contributed by atoms with Gasteiger partial charge in [0.2, 0.25) is 0 Å². The van der Waals surface area contributed by atoms with Crippen molar-refractivity contribution >= 4 is 57.1 Å². The third kappa shape index (κ3) is 4.89. The van der Waals surface area contributed by atoms with Crippen LogP contribution in [-0.4, -0.2) is 5.11 Å². The number of aliphatic hydroxyl groups is 1. The normalized spacial score (nSPS) is 13.2. The molecule has 0 atom stereocenters. The molecule has 0 amide bonds. The fraction of sp³-hybridized carbons (Fsp3) is 0.0789. The predicted molar refractivity (Wildman–Crippen MR) is 189 cm³/mol. The van der Waals surface area contributed by atoms with E-state index in [4.69, 9.17) is 0 Å². The maximum absolute atomic E-state index is 9.75. The Balaban J connectivity index is 1.18. The first-order valence-electron chi connectivity index (χ1n) is 14.2. The zero-order valence-corrected chi connectivity index (χ0v) is 26.7. The van der Waals surface area contributed by atoms with Crippen LogP contribution in [-0.2, 0) is 5.41 Å². The third-order valence-electron chi connectivity index (χ3n) is 8.04. The maximum Gasteiger partial charge on any atom is 0.126 e. The van der Waals surface area contributed by atoms with Crippen molar-refractivity contribution < 1.29 is 5.11 Å². The molecule has 7 rings (SSSR count). The number of fused-ring (bicyclic) bond motifs is 3. The van der Waals surface area contributed by atoms with Crippen LogP contribution in [0, 0.1) is 11.3 Å². The van der Waals surface area contributed by atoms with Crippen LogP contribution in [0.2, 0.25) is 0 Å². The molecule has 3 nitrogen and oxygen atoms in total. The Morgan fingerprint density at radius 1 is 0.727 bits per heavy atom. The molecule has 0 spiro atoms.